The molecule has 2 aromatic heterocycles. The van der Waals surface area contributed by atoms with Crippen LogP contribution in [-0.2, 0) is 14.2 Å². The number of ether oxygens (including phenoxy) is 3. The molecule has 0 spiro atoms. The summed E-state index contributed by atoms with van der Waals surface area (Å²) < 4.78 is 20.3. The van der Waals surface area contributed by atoms with Crippen molar-refractivity contribution in [2.45, 2.75) is 37.3 Å². The zero-order chi connectivity index (χ0) is 19.5. The van der Waals surface area contributed by atoms with Gasteiger partial charge in [-0.1, -0.05) is 23.7 Å². The Bertz CT molecular complexity index is 1030. The molecule has 2 aliphatic rings. The minimum Gasteiger partial charge on any atom is -0.394 e. The Kier molecular flexibility index (Phi) is 4.04. The second-order valence-electron chi connectivity index (χ2n) is 7.03. The van der Waals surface area contributed by atoms with Crippen molar-refractivity contribution in [1.29, 1.82) is 0 Å². The van der Waals surface area contributed by atoms with Gasteiger partial charge in [0.25, 0.3) is 0 Å². The number of anilines is 1. The van der Waals surface area contributed by atoms with Crippen LogP contribution in [0.3, 0.4) is 0 Å². The Morgan fingerprint density at radius 1 is 1.21 bits per heavy atom. The van der Waals surface area contributed by atoms with E-state index in [-0.39, 0.29) is 12.4 Å². The average Bonchev–Trinajstić information content (AvgIpc) is 3.33. The highest BCUT2D eigenvalue weighted by Gasteiger charge is 2.62. The lowest BCUT2D eigenvalue weighted by Crippen LogP contribution is -2.41. The largest absolute Gasteiger partial charge is 0.394 e. The van der Waals surface area contributed by atoms with E-state index in [1.165, 1.54) is 6.33 Å². The summed E-state index contributed by atoms with van der Waals surface area (Å²) in [5.41, 5.74) is 6.85. The first kappa shape index (κ1) is 17.8. The molecular weight excluding hydrogens is 386 g/mol. The maximum absolute atomic E-state index is 9.84. The van der Waals surface area contributed by atoms with Gasteiger partial charge in [0.15, 0.2) is 24.0 Å². The molecule has 0 aliphatic carbocycles. The number of hydrogen-bond donors (Lipinski definition) is 2. The summed E-state index contributed by atoms with van der Waals surface area (Å²) in [4.78, 5) is 12.6. The lowest BCUT2D eigenvalue weighted by molar-refractivity contribution is -0.174. The van der Waals surface area contributed by atoms with Gasteiger partial charge in [-0.15, -0.1) is 0 Å². The minimum atomic E-state index is -0.884. The van der Waals surface area contributed by atoms with E-state index in [9.17, 15) is 5.11 Å². The van der Waals surface area contributed by atoms with Gasteiger partial charge in [0.1, 0.15) is 29.7 Å². The summed E-state index contributed by atoms with van der Waals surface area (Å²) in [6.45, 7) is 1.68. The van der Waals surface area contributed by atoms with Gasteiger partial charge in [0.2, 0.25) is 0 Å². The lowest BCUT2D eigenvalue weighted by atomic mass is 9.96. The number of aliphatic hydroxyl groups is 1. The molecule has 3 N–H and O–H groups in total. The standard InChI is InChI=1S/C18H18ClN5O4/c1-18-13(27-16(28-18)9-2-4-10(19)5-3-9)11(6-25)26-17(18)24-8-23-12-14(20)21-7-22-15(12)24/h2-5,7-8,11,13,16-17,25H,6H2,1H3,(H2,20,21,22)/t11-,13-,16?,17-,18-/m1/s1. The SMILES string of the molecule is C[C@@]12OC(c3ccc(Cl)cc3)O[C@@H]1[C@@H](CO)O[C@H]2n1cnc2c(N)ncnc21. The van der Waals surface area contributed by atoms with Crippen molar-refractivity contribution in [1.82, 2.24) is 19.5 Å². The number of nitrogen functional groups attached to an aromatic ring is 1. The van der Waals surface area contributed by atoms with E-state index in [0.717, 1.165) is 5.56 Å². The third kappa shape index (κ3) is 2.51. The predicted octanol–water partition coefficient (Wildman–Crippen LogP) is 1.82. The van der Waals surface area contributed by atoms with E-state index in [4.69, 9.17) is 31.5 Å². The molecule has 10 heteroatoms. The van der Waals surface area contributed by atoms with E-state index in [1.807, 2.05) is 19.1 Å². The summed E-state index contributed by atoms with van der Waals surface area (Å²) in [7, 11) is 0. The fourth-order valence-electron chi connectivity index (χ4n) is 3.91. The van der Waals surface area contributed by atoms with Crippen molar-refractivity contribution >= 4 is 28.6 Å². The molecule has 1 unspecified atom stereocenters. The van der Waals surface area contributed by atoms with Crippen LogP contribution in [0.4, 0.5) is 5.82 Å². The maximum atomic E-state index is 9.84. The van der Waals surface area contributed by atoms with E-state index in [1.54, 1.807) is 23.0 Å². The maximum Gasteiger partial charge on any atom is 0.185 e. The van der Waals surface area contributed by atoms with Gasteiger partial charge in [-0.2, -0.15) is 0 Å². The van der Waals surface area contributed by atoms with Crippen molar-refractivity contribution in [2.75, 3.05) is 12.3 Å². The summed E-state index contributed by atoms with van der Waals surface area (Å²) in [5, 5.41) is 10.5. The molecular formula is C18H18ClN5O4. The Morgan fingerprint density at radius 2 is 2.00 bits per heavy atom. The van der Waals surface area contributed by atoms with Gasteiger partial charge in [0.05, 0.1) is 12.9 Å². The molecule has 0 amide bonds. The van der Waals surface area contributed by atoms with Crippen LogP contribution in [-0.4, -0.2) is 49.0 Å². The first-order valence-electron chi connectivity index (χ1n) is 8.79. The fourth-order valence-corrected chi connectivity index (χ4v) is 4.04. The second kappa shape index (κ2) is 6.36. The molecule has 5 rings (SSSR count). The first-order valence-corrected chi connectivity index (χ1v) is 9.17. The van der Waals surface area contributed by atoms with Crippen LogP contribution in [0.1, 0.15) is 25.0 Å². The predicted molar refractivity (Wildman–Crippen MR) is 99.3 cm³/mol. The number of benzene rings is 1. The Morgan fingerprint density at radius 3 is 2.75 bits per heavy atom. The number of fused-ring (bicyclic) bond motifs is 2. The van der Waals surface area contributed by atoms with Crippen molar-refractivity contribution in [3.05, 3.63) is 47.5 Å². The average molecular weight is 404 g/mol. The van der Waals surface area contributed by atoms with Crippen molar-refractivity contribution in [2.24, 2.45) is 0 Å². The normalized spacial score (nSPS) is 32.1. The van der Waals surface area contributed by atoms with Gasteiger partial charge in [-0.25, -0.2) is 15.0 Å². The van der Waals surface area contributed by atoms with E-state index >= 15 is 0 Å². The van der Waals surface area contributed by atoms with E-state index in [0.29, 0.717) is 16.2 Å². The second-order valence-corrected chi connectivity index (χ2v) is 7.47. The summed E-state index contributed by atoms with van der Waals surface area (Å²) in [6.07, 6.45) is 0.676. The van der Waals surface area contributed by atoms with Crippen LogP contribution in [0.15, 0.2) is 36.9 Å². The zero-order valence-corrected chi connectivity index (χ0v) is 15.7. The van der Waals surface area contributed by atoms with E-state index in [2.05, 4.69) is 15.0 Å². The van der Waals surface area contributed by atoms with Gasteiger partial charge >= 0.3 is 0 Å². The van der Waals surface area contributed by atoms with Crippen LogP contribution in [0.2, 0.25) is 5.02 Å². The number of aromatic nitrogens is 4. The summed E-state index contributed by atoms with van der Waals surface area (Å²) in [5.74, 6) is 0.282. The number of hydrogen-bond acceptors (Lipinski definition) is 8. The van der Waals surface area contributed by atoms with Gasteiger partial charge in [0, 0.05) is 10.6 Å². The molecule has 1 aromatic carbocycles. The van der Waals surface area contributed by atoms with Crippen LogP contribution >= 0.6 is 11.6 Å². The fraction of sp³-hybridized carbons (Fsp3) is 0.389. The number of imidazole rings is 1. The van der Waals surface area contributed by atoms with Crippen molar-refractivity contribution in [3.63, 3.8) is 0 Å². The third-order valence-electron chi connectivity index (χ3n) is 5.29. The Hall–Kier alpha value is -2.30. The first-order chi connectivity index (χ1) is 13.5. The molecule has 0 saturated carbocycles. The Labute approximate surface area is 165 Å². The molecule has 2 saturated heterocycles. The molecule has 2 fully saturated rings. The van der Waals surface area contributed by atoms with Crippen molar-refractivity contribution < 1.29 is 19.3 Å². The topological polar surface area (TPSA) is 118 Å². The number of rotatable bonds is 3. The molecule has 9 nitrogen and oxygen atoms in total. The number of nitrogens with two attached hydrogens (primary N) is 1. The highest BCUT2D eigenvalue weighted by molar-refractivity contribution is 6.30. The van der Waals surface area contributed by atoms with Gasteiger partial charge in [-0.05, 0) is 19.1 Å². The zero-order valence-electron chi connectivity index (χ0n) is 14.9. The molecule has 28 heavy (non-hydrogen) atoms. The quantitative estimate of drug-likeness (QED) is 0.680. The minimum absolute atomic E-state index is 0.211. The molecule has 4 heterocycles. The molecule has 0 bridgehead atoms. The molecule has 146 valence electrons. The smallest absolute Gasteiger partial charge is 0.185 e. The lowest BCUT2D eigenvalue weighted by Gasteiger charge is -2.28. The molecule has 5 atom stereocenters. The van der Waals surface area contributed by atoms with Crippen LogP contribution in [0.5, 0.6) is 0 Å². The number of aliphatic hydroxyl groups excluding tert-OH is 1. The highest BCUT2D eigenvalue weighted by atomic mass is 35.5. The molecule has 0 radical (unpaired) electrons. The van der Waals surface area contributed by atoms with Crippen molar-refractivity contribution in [3.8, 4) is 0 Å². The molecule has 2 aliphatic heterocycles. The number of halogens is 1. The highest BCUT2D eigenvalue weighted by Crippen LogP contribution is 2.52. The van der Waals surface area contributed by atoms with Crippen LogP contribution in [0, 0.1) is 0 Å². The third-order valence-corrected chi connectivity index (χ3v) is 5.54. The van der Waals surface area contributed by atoms with E-state index < -0.39 is 30.3 Å². The van der Waals surface area contributed by atoms with Crippen LogP contribution < -0.4 is 5.73 Å². The monoisotopic (exact) mass is 403 g/mol. The van der Waals surface area contributed by atoms with Gasteiger partial charge < -0.3 is 25.1 Å². The summed E-state index contributed by atoms with van der Waals surface area (Å²) in [6, 6.07) is 7.25. The Balaban J connectivity index is 1.54. The van der Waals surface area contributed by atoms with Crippen LogP contribution in [0.25, 0.3) is 11.2 Å². The van der Waals surface area contributed by atoms with Gasteiger partial charge in [-0.3, -0.25) is 4.57 Å². The molecule has 3 aromatic rings. The number of nitrogens with zero attached hydrogens (tertiary/aromatic N) is 4. The summed E-state index contributed by atoms with van der Waals surface area (Å²) >= 11 is 5.98.